The van der Waals surface area contributed by atoms with Gasteiger partial charge in [-0.1, -0.05) is 87.9 Å². The summed E-state index contributed by atoms with van der Waals surface area (Å²) in [7, 11) is 0. The molecule has 0 fully saturated rings. The second-order valence-corrected chi connectivity index (χ2v) is 14.1. The van der Waals surface area contributed by atoms with E-state index in [4.69, 9.17) is 61.6 Å². The number of aryl methyl sites for hydroxylation is 1. The van der Waals surface area contributed by atoms with Crippen molar-refractivity contribution in [1.82, 2.24) is 5.32 Å². The van der Waals surface area contributed by atoms with Crippen LogP contribution in [0.15, 0.2) is 54.6 Å². The number of ether oxygens (including phenoxy) is 13. The number of carbonyl (C=O) groups is 1. The van der Waals surface area contributed by atoms with Crippen LogP contribution in [0.25, 0.3) is 0 Å². The summed E-state index contributed by atoms with van der Waals surface area (Å²) in [5.41, 5.74) is 2.31. The van der Waals surface area contributed by atoms with Gasteiger partial charge in [-0.25, -0.2) is 4.79 Å². The Bertz CT molecular complexity index is 1210. The zero-order valence-corrected chi connectivity index (χ0v) is 37.7. The van der Waals surface area contributed by atoms with Crippen LogP contribution in [-0.4, -0.2) is 165 Å². The van der Waals surface area contributed by atoms with Crippen LogP contribution in [0.5, 0.6) is 5.75 Å². The molecule has 0 heterocycles. The molecule has 0 saturated heterocycles. The molecule has 0 unspecified atom stereocenters. The molecule has 0 aliphatic rings. The normalized spacial score (nSPS) is 11.3. The van der Waals surface area contributed by atoms with Crippen molar-refractivity contribution in [2.24, 2.45) is 0 Å². The van der Waals surface area contributed by atoms with E-state index in [1.54, 1.807) is 0 Å². The Morgan fingerprint density at radius 1 is 0.403 bits per heavy atom. The van der Waals surface area contributed by atoms with Gasteiger partial charge in [0, 0.05) is 6.54 Å². The van der Waals surface area contributed by atoms with E-state index in [9.17, 15) is 4.79 Å². The predicted molar refractivity (Wildman–Crippen MR) is 237 cm³/mol. The first-order valence-corrected chi connectivity index (χ1v) is 22.8. The number of amides is 1. The lowest BCUT2D eigenvalue weighted by Gasteiger charge is -2.09. The molecular weight excluding hydrogens is 803 g/mol. The molecule has 2 rings (SSSR count). The highest BCUT2D eigenvalue weighted by Gasteiger charge is 2.03. The molecule has 0 aliphatic carbocycles. The SMILES string of the molecule is CCCCCCCCCc1ccc(OCCOCCOCCOCCOCCOCCOCCOCCOCCOCCOCCOCCNC(=O)OCc2ccccc2)cc1. The molecule has 15 heteroatoms. The van der Waals surface area contributed by atoms with Gasteiger partial charge in [0.1, 0.15) is 19.0 Å². The second kappa shape index (κ2) is 44.7. The van der Waals surface area contributed by atoms with Crippen molar-refractivity contribution in [3.63, 3.8) is 0 Å². The molecule has 0 spiro atoms. The molecule has 2 aromatic rings. The molecule has 1 amide bonds. The Hall–Kier alpha value is -2.93. The van der Waals surface area contributed by atoms with E-state index in [1.165, 1.54) is 50.5 Å². The fraction of sp³-hybridized carbons (Fsp3) is 0.723. The molecule has 0 saturated carbocycles. The van der Waals surface area contributed by atoms with E-state index in [2.05, 4.69) is 36.5 Å². The van der Waals surface area contributed by atoms with Crippen LogP contribution in [0.2, 0.25) is 0 Å². The van der Waals surface area contributed by atoms with Crippen molar-refractivity contribution in [2.75, 3.05) is 159 Å². The number of unbranched alkanes of at least 4 members (excludes halogenated alkanes) is 6. The van der Waals surface area contributed by atoms with Crippen LogP contribution in [0.4, 0.5) is 4.79 Å². The Morgan fingerprint density at radius 3 is 1.19 bits per heavy atom. The molecule has 0 atom stereocenters. The molecule has 2 aromatic carbocycles. The van der Waals surface area contributed by atoms with E-state index < -0.39 is 6.09 Å². The van der Waals surface area contributed by atoms with Gasteiger partial charge in [0.05, 0.1) is 145 Å². The molecule has 62 heavy (non-hydrogen) atoms. The van der Waals surface area contributed by atoms with Gasteiger partial charge in [-0.15, -0.1) is 0 Å². The minimum atomic E-state index is -0.470. The highest BCUT2D eigenvalue weighted by atomic mass is 16.6. The summed E-state index contributed by atoms with van der Waals surface area (Å²) in [6.07, 6.45) is 10.0. The van der Waals surface area contributed by atoms with Gasteiger partial charge in [0.15, 0.2) is 0 Å². The van der Waals surface area contributed by atoms with Gasteiger partial charge < -0.3 is 66.9 Å². The van der Waals surface area contributed by atoms with Crippen molar-refractivity contribution in [2.45, 2.75) is 64.9 Å². The lowest BCUT2D eigenvalue weighted by atomic mass is 10.0. The first-order chi connectivity index (χ1) is 30.8. The predicted octanol–water partition coefficient (Wildman–Crippen LogP) is 6.47. The minimum absolute atomic E-state index is 0.236. The Labute approximate surface area is 371 Å². The number of rotatable bonds is 47. The van der Waals surface area contributed by atoms with Gasteiger partial charge in [0.2, 0.25) is 0 Å². The smallest absolute Gasteiger partial charge is 0.407 e. The maximum atomic E-state index is 11.7. The summed E-state index contributed by atoms with van der Waals surface area (Å²) >= 11 is 0. The quantitative estimate of drug-likeness (QED) is 0.0725. The Kier molecular flexibility index (Phi) is 39.8. The number of benzene rings is 2. The van der Waals surface area contributed by atoms with E-state index in [0.717, 1.165) is 17.7 Å². The van der Waals surface area contributed by atoms with Crippen molar-refractivity contribution >= 4 is 6.09 Å². The number of hydrogen-bond donors (Lipinski definition) is 1. The summed E-state index contributed by atoms with van der Waals surface area (Å²) in [5.74, 6) is 0.882. The lowest BCUT2D eigenvalue weighted by molar-refractivity contribution is -0.0277. The van der Waals surface area contributed by atoms with Crippen molar-refractivity contribution in [3.8, 4) is 5.75 Å². The van der Waals surface area contributed by atoms with Gasteiger partial charge in [-0.05, 0) is 36.1 Å². The number of nitrogens with one attached hydrogen (secondary N) is 1. The standard InChI is InChI=1S/C47H79NO14/c1-2-3-4-5-6-7-9-12-44-15-17-46(18-16-44)61-42-41-60-40-39-59-38-37-58-36-35-57-34-33-56-32-31-55-30-29-54-28-27-53-26-25-52-24-23-51-22-21-50-20-19-48-47(49)62-43-45-13-10-8-11-14-45/h8,10-11,13-18H,2-7,9,12,19-43H2,1H3,(H,48,49). The van der Waals surface area contributed by atoms with Gasteiger partial charge in [0.25, 0.3) is 0 Å². The van der Waals surface area contributed by atoms with Crippen molar-refractivity contribution < 1.29 is 66.4 Å². The monoisotopic (exact) mass is 882 g/mol. The fourth-order valence-electron chi connectivity index (χ4n) is 5.56. The number of carbonyl (C=O) groups excluding carboxylic acids is 1. The minimum Gasteiger partial charge on any atom is -0.491 e. The highest BCUT2D eigenvalue weighted by Crippen LogP contribution is 2.15. The van der Waals surface area contributed by atoms with E-state index in [-0.39, 0.29) is 6.61 Å². The summed E-state index contributed by atoms with van der Waals surface area (Å²) in [5, 5.41) is 2.65. The van der Waals surface area contributed by atoms with E-state index in [1.807, 2.05) is 30.3 Å². The average molecular weight is 882 g/mol. The van der Waals surface area contributed by atoms with Crippen molar-refractivity contribution in [1.29, 1.82) is 0 Å². The zero-order valence-electron chi connectivity index (χ0n) is 37.7. The third kappa shape index (κ3) is 37.6. The molecule has 0 aliphatic heterocycles. The van der Waals surface area contributed by atoms with Gasteiger partial charge >= 0.3 is 6.09 Å². The first-order valence-electron chi connectivity index (χ1n) is 22.8. The summed E-state index contributed by atoms with van der Waals surface area (Å²) in [6, 6.07) is 18.0. The third-order valence-corrected chi connectivity index (χ3v) is 8.94. The van der Waals surface area contributed by atoms with Crippen molar-refractivity contribution in [3.05, 3.63) is 65.7 Å². The molecule has 356 valence electrons. The molecule has 1 N–H and O–H groups in total. The summed E-state index contributed by atoms with van der Waals surface area (Å²) in [6.45, 7) is 14.1. The largest absolute Gasteiger partial charge is 0.491 e. The number of hydrogen-bond acceptors (Lipinski definition) is 14. The van der Waals surface area contributed by atoms with Gasteiger partial charge in [-0.3, -0.25) is 0 Å². The van der Waals surface area contributed by atoms with Gasteiger partial charge in [-0.2, -0.15) is 0 Å². The summed E-state index contributed by atoms with van der Waals surface area (Å²) in [4.78, 5) is 11.7. The average Bonchev–Trinajstić information content (AvgIpc) is 3.29. The molecule has 0 aromatic heterocycles. The van der Waals surface area contributed by atoms with Crippen LogP contribution in [0, 0.1) is 0 Å². The van der Waals surface area contributed by atoms with Crippen LogP contribution >= 0.6 is 0 Å². The molecular formula is C47H79NO14. The lowest BCUT2D eigenvalue weighted by Crippen LogP contribution is -2.28. The molecule has 0 radical (unpaired) electrons. The molecule has 15 nitrogen and oxygen atoms in total. The topological polar surface area (TPSA) is 149 Å². The van der Waals surface area contributed by atoms with Crippen LogP contribution < -0.4 is 10.1 Å². The Morgan fingerprint density at radius 2 is 0.774 bits per heavy atom. The van der Waals surface area contributed by atoms with E-state index in [0.29, 0.717) is 159 Å². The number of alkyl carbamates (subject to hydrolysis) is 1. The maximum Gasteiger partial charge on any atom is 0.407 e. The fourth-order valence-corrected chi connectivity index (χ4v) is 5.56. The third-order valence-electron chi connectivity index (χ3n) is 8.94. The van der Waals surface area contributed by atoms with E-state index >= 15 is 0 Å². The summed E-state index contributed by atoms with van der Waals surface area (Å²) < 4.78 is 71.6. The van der Waals surface area contributed by atoms with Crippen LogP contribution in [0.1, 0.15) is 63.0 Å². The zero-order chi connectivity index (χ0) is 43.9. The second-order valence-electron chi connectivity index (χ2n) is 14.1. The maximum absolute atomic E-state index is 11.7. The Balaban J connectivity index is 1.15. The van der Waals surface area contributed by atoms with Crippen LogP contribution in [-0.2, 0) is 69.9 Å². The van der Waals surface area contributed by atoms with Crippen LogP contribution in [0.3, 0.4) is 0 Å². The first kappa shape index (κ1) is 55.2. The highest BCUT2D eigenvalue weighted by molar-refractivity contribution is 5.67. The molecule has 0 bridgehead atoms.